The number of nitrogens with one attached hydrogen (secondary N) is 1. The summed E-state index contributed by atoms with van der Waals surface area (Å²) in [7, 11) is -9.34. The second kappa shape index (κ2) is 6.25. The van der Waals surface area contributed by atoms with Gasteiger partial charge >= 0.3 is 0 Å². The topological polar surface area (TPSA) is 141 Å². The van der Waals surface area contributed by atoms with Gasteiger partial charge in [-0.2, -0.15) is 16.8 Å². The van der Waals surface area contributed by atoms with E-state index in [1.165, 1.54) is 12.1 Å². The molecule has 3 aromatic carbocycles. The maximum Gasteiger partial charge on any atom is 0.296 e. The molecule has 8 nitrogen and oxygen atoms in total. The maximum absolute atomic E-state index is 11.7. The van der Waals surface area contributed by atoms with Gasteiger partial charge in [0.1, 0.15) is 15.5 Å². The Balaban J connectivity index is 2.31. The number of hydrogen-bond donors (Lipinski definition) is 4. The van der Waals surface area contributed by atoms with Crippen molar-refractivity contribution in [3.8, 4) is 5.75 Å². The van der Waals surface area contributed by atoms with E-state index in [4.69, 9.17) is 0 Å². The second-order valence-electron chi connectivity index (χ2n) is 5.42. The lowest BCUT2D eigenvalue weighted by molar-refractivity contribution is 0.466. The molecule has 0 unspecified atom stereocenters. The first-order chi connectivity index (χ1) is 12.1. The molecule has 0 aliphatic carbocycles. The monoisotopic (exact) mass is 395 g/mol. The van der Waals surface area contributed by atoms with Crippen LogP contribution in [0.25, 0.3) is 10.8 Å². The van der Waals surface area contributed by atoms with Crippen molar-refractivity contribution in [3.63, 3.8) is 0 Å². The minimum atomic E-state index is -4.71. The lowest BCUT2D eigenvalue weighted by atomic mass is 10.1. The van der Waals surface area contributed by atoms with Crippen LogP contribution < -0.4 is 5.32 Å². The molecule has 10 heteroatoms. The van der Waals surface area contributed by atoms with Crippen molar-refractivity contribution >= 4 is 42.4 Å². The number of hydrogen-bond acceptors (Lipinski definition) is 6. The highest BCUT2D eigenvalue weighted by atomic mass is 32.2. The summed E-state index contributed by atoms with van der Waals surface area (Å²) in [5, 5.41) is 13.2. The van der Waals surface area contributed by atoms with E-state index < -0.39 is 35.8 Å². The molecule has 26 heavy (non-hydrogen) atoms. The zero-order valence-electron chi connectivity index (χ0n) is 13.0. The van der Waals surface area contributed by atoms with Crippen molar-refractivity contribution < 1.29 is 31.0 Å². The summed E-state index contributed by atoms with van der Waals surface area (Å²) in [4.78, 5) is -1.11. The normalized spacial score (nSPS) is 12.2. The van der Waals surface area contributed by atoms with E-state index in [-0.39, 0.29) is 11.4 Å². The first-order valence-corrected chi connectivity index (χ1v) is 10.0. The third kappa shape index (κ3) is 3.48. The molecule has 0 amide bonds. The highest BCUT2D eigenvalue weighted by Gasteiger charge is 2.22. The Kier molecular flexibility index (Phi) is 4.36. The van der Waals surface area contributed by atoms with E-state index in [0.717, 1.165) is 18.2 Å². The van der Waals surface area contributed by atoms with Crippen molar-refractivity contribution in [2.75, 3.05) is 5.32 Å². The molecule has 0 atom stereocenters. The summed E-state index contributed by atoms with van der Waals surface area (Å²) in [5.74, 6) is -0.406. The van der Waals surface area contributed by atoms with Gasteiger partial charge in [0.25, 0.3) is 20.2 Å². The van der Waals surface area contributed by atoms with Gasteiger partial charge in [-0.25, -0.2) is 0 Å². The predicted molar refractivity (Wildman–Crippen MR) is 95.0 cm³/mol. The van der Waals surface area contributed by atoms with Crippen molar-refractivity contribution in [2.45, 2.75) is 9.79 Å². The Morgan fingerprint density at radius 3 is 2.08 bits per heavy atom. The first-order valence-electron chi connectivity index (χ1n) is 7.14. The molecule has 0 saturated carbocycles. The van der Waals surface area contributed by atoms with E-state index in [9.17, 15) is 31.0 Å². The van der Waals surface area contributed by atoms with Crippen LogP contribution in [0.4, 0.5) is 11.4 Å². The van der Waals surface area contributed by atoms with Crippen molar-refractivity contribution in [1.82, 2.24) is 0 Å². The summed E-state index contributed by atoms with van der Waals surface area (Å²) >= 11 is 0. The molecule has 0 aliphatic heterocycles. The molecule has 0 spiro atoms. The molecular formula is C16H13NO7S2. The minimum Gasteiger partial charge on any atom is -0.508 e. The average molecular weight is 395 g/mol. The Bertz CT molecular complexity index is 1220. The fraction of sp³-hybridized carbons (Fsp3) is 0. The van der Waals surface area contributed by atoms with Crippen molar-refractivity contribution in [2.24, 2.45) is 0 Å². The van der Waals surface area contributed by atoms with Crippen LogP contribution in [0.3, 0.4) is 0 Å². The molecule has 0 saturated heterocycles. The smallest absolute Gasteiger partial charge is 0.296 e. The third-order valence-corrected chi connectivity index (χ3v) is 5.46. The van der Waals surface area contributed by atoms with Gasteiger partial charge in [0, 0.05) is 11.5 Å². The molecule has 0 aromatic heterocycles. The number of aromatic hydroxyl groups is 1. The Morgan fingerprint density at radius 1 is 0.769 bits per heavy atom. The van der Waals surface area contributed by atoms with Crippen LogP contribution in [0, 0.1) is 0 Å². The summed E-state index contributed by atoms with van der Waals surface area (Å²) in [5.41, 5.74) is -0.243. The summed E-state index contributed by atoms with van der Waals surface area (Å²) in [6, 6.07) is 12.5. The first kappa shape index (κ1) is 18.1. The summed E-state index contributed by atoms with van der Waals surface area (Å²) < 4.78 is 65.5. The number of fused-ring (bicyclic) bond motifs is 1. The molecule has 4 N–H and O–H groups in total. The van der Waals surface area contributed by atoms with Crippen LogP contribution in [0.5, 0.6) is 5.75 Å². The van der Waals surface area contributed by atoms with E-state index >= 15 is 0 Å². The zero-order chi connectivity index (χ0) is 19.1. The minimum absolute atomic E-state index is 0.0683. The van der Waals surface area contributed by atoms with Gasteiger partial charge in [0.05, 0.1) is 11.4 Å². The lowest BCUT2D eigenvalue weighted by Crippen LogP contribution is -2.07. The SMILES string of the molecule is O=S(=O)(O)c1cc(O)ccc1Nc1c(S(=O)(=O)O)ccc2ccccc12. The van der Waals surface area contributed by atoms with Crippen LogP contribution in [0.15, 0.2) is 64.4 Å². The fourth-order valence-electron chi connectivity index (χ4n) is 2.56. The van der Waals surface area contributed by atoms with Crippen molar-refractivity contribution in [3.05, 3.63) is 54.6 Å². The molecule has 3 aromatic rings. The Hall–Kier alpha value is -2.66. The average Bonchev–Trinajstić information content (AvgIpc) is 2.54. The van der Waals surface area contributed by atoms with Crippen LogP contribution in [0.2, 0.25) is 0 Å². The van der Waals surface area contributed by atoms with Gasteiger partial charge in [0.2, 0.25) is 0 Å². The summed E-state index contributed by atoms with van der Waals surface area (Å²) in [6.45, 7) is 0. The Morgan fingerprint density at radius 2 is 1.42 bits per heavy atom. The molecule has 0 heterocycles. The second-order valence-corrected chi connectivity index (χ2v) is 8.20. The van der Waals surface area contributed by atoms with Gasteiger partial charge < -0.3 is 10.4 Å². The molecule has 0 radical (unpaired) electrons. The number of anilines is 2. The van der Waals surface area contributed by atoms with Crippen molar-refractivity contribution in [1.29, 1.82) is 0 Å². The molecule has 136 valence electrons. The number of phenols is 1. The van der Waals surface area contributed by atoms with E-state index in [1.54, 1.807) is 24.3 Å². The van der Waals surface area contributed by atoms with E-state index in [2.05, 4.69) is 5.32 Å². The van der Waals surface area contributed by atoms with E-state index in [1.807, 2.05) is 0 Å². The van der Waals surface area contributed by atoms with Crippen LogP contribution in [-0.2, 0) is 20.2 Å². The van der Waals surface area contributed by atoms with Gasteiger partial charge in [-0.1, -0.05) is 30.3 Å². The highest BCUT2D eigenvalue weighted by Crippen LogP contribution is 2.35. The number of benzene rings is 3. The molecule has 3 rings (SSSR count). The summed E-state index contributed by atoms with van der Waals surface area (Å²) in [6.07, 6.45) is 0. The highest BCUT2D eigenvalue weighted by molar-refractivity contribution is 7.86. The van der Waals surface area contributed by atoms with Gasteiger partial charge in [0.15, 0.2) is 0 Å². The molecule has 0 fully saturated rings. The Labute approximate surface area is 149 Å². The van der Waals surface area contributed by atoms with Gasteiger partial charge in [-0.15, -0.1) is 0 Å². The standard InChI is InChI=1S/C16H13NO7S2/c18-11-6-7-13(15(9-11)26(22,23)24)17-16-12-4-2-1-3-10(12)5-8-14(16)25(19,20)21/h1-9,17-18H,(H,19,20,21)(H,22,23,24). The number of phenolic OH excluding ortho intramolecular Hbond substituents is 1. The molecular weight excluding hydrogens is 382 g/mol. The van der Waals surface area contributed by atoms with Gasteiger partial charge in [-0.3, -0.25) is 9.11 Å². The van der Waals surface area contributed by atoms with Crippen LogP contribution in [0.1, 0.15) is 0 Å². The predicted octanol–water partition coefficient (Wildman–Crippen LogP) is 2.78. The number of rotatable bonds is 4. The zero-order valence-corrected chi connectivity index (χ0v) is 14.6. The van der Waals surface area contributed by atoms with Crippen LogP contribution in [-0.4, -0.2) is 31.0 Å². The largest absolute Gasteiger partial charge is 0.508 e. The molecule has 0 aliphatic rings. The molecule has 0 bridgehead atoms. The quantitative estimate of drug-likeness (QED) is 0.390. The fourth-order valence-corrected chi connectivity index (χ4v) is 3.88. The lowest BCUT2D eigenvalue weighted by Gasteiger charge is -2.15. The van der Waals surface area contributed by atoms with Gasteiger partial charge in [-0.05, 0) is 23.6 Å². The third-order valence-electron chi connectivity index (χ3n) is 3.67. The maximum atomic E-state index is 11.7. The van der Waals surface area contributed by atoms with E-state index in [0.29, 0.717) is 10.8 Å². The van der Waals surface area contributed by atoms with Crippen LogP contribution >= 0.6 is 0 Å².